The van der Waals surface area contributed by atoms with Crippen LogP contribution in [0.25, 0.3) is 0 Å². The van der Waals surface area contributed by atoms with Crippen LogP contribution < -0.4 is 10.1 Å². The van der Waals surface area contributed by atoms with Gasteiger partial charge in [0.05, 0.1) is 7.11 Å². The van der Waals surface area contributed by atoms with Crippen molar-refractivity contribution in [2.45, 2.75) is 19.3 Å². The van der Waals surface area contributed by atoms with Crippen molar-refractivity contribution in [1.82, 2.24) is 5.32 Å². The largest absolute Gasteiger partial charge is 0.496 e. The van der Waals surface area contributed by atoms with Crippen LogP contribution in [0.3, 0.4) is 0 Å². The van der Waals surface area contributed by atoms with Crippen molar-refractivity contribution in [3.8, 4) is 5.75 Å². The van der Waals surface area contributed by atoms with Gasteiger partial charge in [-0.3, -0.25) is 0 Å². The molecule has 0 radical (unpaired) electrons. The molecule has 0 unspecified atom stereocenters. The highest BCUT2D eigenvalue weighted by Gasteiger charge is 2.24. The first kappa shape index (κ1) is 13.7. The van der Waals surface area contributed by atoms with Crippen LogP contribution in [0.15, 0.2) is 18.2 Å². The zero-order valence-corrected chi connectivity index (χ0v) is 11.5. The minimum absolute atomic E-state index is 0.0427. The number of benzene rings is 1. The summed E-state index contributed by atoms with van der Waals surface area (Å²) in [6.45, 7) is 5.13. The number of hydrogen-bond acceptors (Lipinski definition) is 3. The molecule has 1 aromatic carbocycles. The Bertz CT molecular complexity index is 355. The van der Waals surface area contributed by atoms with Gasteiger partial charge in [-0.05, 0) is 18.2 Å². The zero-order valence-electron chi connectivity index (χ0n) is 9.88. The molecule has 0 fully saturated rings. The second kappa shape index (κ2) is 5.80. The van der Waals surface area contributed by atoms with Gasteiger partial charge in [-0.2, -0.15) is 12.6 Å². The lowest BCUT2D eigenvalue weighted by Crippen LogP contribution is -2.32. The summed E-state index contributed by atoms with van der Waals surface area (Å²) in [5.41, 5.74) is 1.07. The predicted molar refractivity (Wildman–Crippen MR) is 72.9 cm³/mol. The number of ether oxygens (including phenoxy) is 1. The Kier molecular flexibility index (Phi) is 4.96. The Morgan fingerprint density at radius 3 is 2.69 bits per heavy atom. The Hall–Kier alpha value is -0.380. The third-order valence-electron chi connectivity index (χ3n) is 2.57. The maximum absolute atomic E-state index is 6.02. The molecule has 0 aromatic heterocycles. The summed E-state index contributed by atoms with van der Waals surface area (Å²) in [5, 5.41) is 3.95. The van der Waals surface area contributed by atoms with Crippen LogP contribution in [0.2, 0.25) is 5.02 Å². The molecule has 0 amide bonds. The molecule has 0 aliphatic heterocycles. The highest BCUT2D eigenvalue weighted by Crippen LogP contribution is 2.33. The third-order valence-corrected chi connectivity index (χ3v) is 3.03. The topological polar surface area (TPSA) is 21.3 Å². The van der Waals surface area contributed by atoms with Gasteiger partial charge in [0.2, 0.25) is 0 Å². The molecule has 0 aliphatic carbocycles. The molecule has 0 saturated heterocycles. The van der Waals surface area contributed by atoms with Crippen LogP contribution in [0.4, 0.5) is 0 Å². The molecule has 90 valence electrons. The van der Waals surface area contributed by atoms with E-state index in [1.54, 1.807) is 7.11 Å². The van der Waals surface area contributed by atoms with E-state index < -0.39 is 0 Å². The van der Waals surface area contributed by atoms with Crippen molar-refractivity contribution < 1.29 is 4.74 Å². The first-order valence-corrected chi connectivity index (χ1v) is 6.18. The van der Waals surface area contributed by atoms with Crippen LogP contribution in [0.1, 0.15) is 19.4 Å². The van der Waals surface area contributed by atoms with Crippen molar-refractivity contribution >= 4 is 24.2 Å². The second-order valence-electron chi connectivity index (χ2n) is 4.31. The SMILES string of the molecule is COc1ccc(Cl)cc1C(C)(C)CNCS. The number of halogens is 1. The molecule has 16 heavy (non-hydrogen) atoms. The number of thiol groups is 1. The Balaban J connectivity index is 3.04. The van der Waals surface area contributed by atoms with E-state index in [1.165, 1.54) is 0 Å². The average molecular weight is 260 g/mol. The Labute approximate surface area is 108 Å². The maximum atomic E-state index is 6.02. The average Bonchev–Trinajstić information content (AvgIpc) is 2.26. The number of nitrogens with one attached hydrogen (secondary N) is 1. The number of hydrogen-bond donors (Lipinski definition) is 2. The number of rotatable bonds is 5. The fraction of sp³-hybridized carbons (Fsp3) is 0.500. The van der Waals surface area contributed by atoms with Crippen LogP contribution >= 0.6 is 24.2 Å². The second-order valence-corrected chi connectivity index (χ2v) is 5.07. The van der Waals surface area contributed by atoms with Gasteiger partial charge < -0.3 is 10.1 Å². The van der Waals surface area contributed by atoms with E-state index in [4.69, 9.17) is 16.3 Å². The van der Waals surface area contributed by atoms with Crippen LogP contribution in [0, 0.1) is 0 Å². The van der Waals surface area contributed by atoms with Crippen molar-refractivity contribution in [2.24, 2.45) is 0 Å². The first-order valence-electron chi connectivity index (χ1n) is 5.17. The number of methoxy groups -OCH3 is 1. The summed E-state index contributed by atoms with van der Waals surface area (Å²) in [6.07, 6.45) is 0. The molecule has 0 aliphatic rings. The van der Waals surface area contributed by atoms with Crippen LogP contribution in [0.5, 0.6) is 5.75 Å². The molecule has 4 heteroatoms. The summed E-state index contributed by atoms with van der Waals surface area (Å²) in [7, 11) is 1.68. The standard InChI is InChI=1S/C12H18ClNOS/c1-12(2,7-14-8-16)10-6-9(13)4-5-11(10)15-3/h4-6,14,16H,7-8H2,1-3H3. The molecule has 0 atom stereocenters. The van der Waals surface area contributed by atoms with Crippen LogP contribution in [-0.4, -0.2) is 19.5 Å². The molecule has 2 nitrogen and oxygen atoms in total. The van der Waals surface area contributed by atoms with Crippen molar-refractivity contribution in [3.05, 3.63) is 28.8 Å². The van der Waals surface area contributed by atoms with Crippen molar-refractivity contribution in [2.75, 3.05) is 19.5 Å². The van der Waals surface area contributed by atoms with Gasteiger partial charge in [0.1, 0.15) is 5.75 Å². The molecule has 0 heterocycles. The lowest BCUT2D eigenvalue weighted by atomic mass is 9.84. The predicted octanol–water partition coefficient (Wildman–Crippen LogP) is 3.10. The highest BCUT2D eigenvalue weighted by atomic mass is 35.5. The molecular weight excluding hydrogens is 242 g/mol. The van der Waals surface area contributed by atoms with Gasteiger partial charge >= 0.3 is 0 Å². The van der Waals surface area contributed by atoms with Gasteiger partial charge in [0.15, 0.2) is 0 Å². The van der Waals surface area contributed by atoms with Crippen LogP contribution in [-0.2, 0) is 5.41 Å². The fourth-order valence-electron chi connectivity index (χ4n) is 1.67. The van der Waals surface area contributed by atoms with Crippen molar-refractivity contribution in [1.29, 1.82) is 0 Å². The van der Waals surface area contributed by atoms with Gasteiger partial charge in [0.25, 0.3) is 0 Å². The van der Waals surface area contributed by atoms with Gasteiger partial charge in [0, 0.05) is 28.4 Å². The molecular formula is C12H18ClNOS. The fourth-order valence-corrected chi connectivity index (χ4v) is 1.96. The summed E-state index contributed by atoms with van der Waals surface area (Å²) >= 11 is 10.2. The molecule has 0 spiro atoms. The molecule has 1 rings (SSSR count). The molecule has 0 saturated carbocycles. The first-order chi connectivity index (χ1) is 7.51. The smallest absolute Gasteiger partial charge is 0.122 e. The molecule has 1 aromatic rings. The summed E-state index contributed by atoms with van der Waals surface area (Å²) in [5.74, 6) is 1.53. The Morgan fingerprint density at radius 1 is 1.44 bits per heavy atom. The van der Waals surface area contributed by atoms with E-state index in [0.717, 1.165) is 22.9 Å². The molecule has 1 N–H and O–H groups in total. The van der Waals surface area contributed by atoms with Crippen molar-refractivity contribution in [3.63, 3.8) is 0 Å². The lowest BCUT2D eigenvalue weighted by molar-refractivity contribution is 0.388. The Morgan fingerprint density at radius 2 is 2.12 bits per heavy atom. The quantitative estimate of drug-likeness (QED) is 0.626. The van der Waals surface area contributed by atoms with E-state index in [9.17, 15) is 0 Å². The third kappa shape index (κ3) is 3.30. The summed E-state index contributed by atoms with van der Waals surface area (Å²) < 4.78 is 5.36. The highest BCUT2D eigenvalue weighted by molar-refractivity contribution is 7.80. The normalized spacial score (nSPS) is 11.6. The van der Waals surface area contributed by atoms with E-state index in [2.05, 4.69) is 31.8 Å². The van der Waals surface area contributed by atoms with E-state index in [1.807, 2.05) is 18.2 Å². The zero-order chi connectivity index (χ0) is 12.2. The lowest BCUT2D eigenvalue weighted by Gasteiger charge is -2.27. The maximum Gasteiger partial charge on any atom is 0.122 e. The summed E-state index contributed by atoms with van der Waals surface area (Å²) in [4.78, 5) is 0. The van der Waals surface area contributed by atoms with E-state index in [0.29, 0.717) is 5.88 Å². The van der Waals surface area contributed by atoms with Gasteiger partial charge in [-0.1, -0.05) is 25.4 Å². The van der Waals surface area contributed by atoms with E-state index in [-0.39, 0.29) is 5.41 Å². The van der Waals surface area contributed by atoms with Gasteiger partial charge in [-0.15, -0.1) is 0 Å². The van der Waals surface area contributed by atoms with E-state index >= 15 is 0 Å². The summed E-state index contributed by atoms with van der Waals surface area (Å²) in [6, 6.07) is 5.70. The minimum atomic E-state index is -0.0427. The monoisotopic (exact) mass is 259 g/mol. The minimum Gasteiger partial charge on any atom is -0.496 e. The van der Waals surface area contributed by atoms with Gasteiger partial charge in [-0.25, -0.2) is 0 Å². The molecule has 0 bridgehead atoms.